The van der Waals surface area contributed by atoms with Gasteiger partial charge in [-0.25, -0.2) is 0 Å². The zero-order valence-electron chi connectivity index (χ0n) is 10.2. The Hall–Kier alpha value is -0.540. The van der Waals surface area contributed by atoms with Gasteiger partial charge in [-0.15, -0.1) is 23.7 Å². The second-order valence-corrected chi connectivity index (χ2v) is 5.53. The lowest BCUT2D eigenvalue weighted by molar-refractivity contribution is 0.621. The van der Waals surface area contributed by atoms with Crippen LogP contribution in [0.15, 0.2) is 41.8 Å². The van der Waals surface area contributed by atoms with Gasteiger partial charge in [-0.2, -0.15) is 0 Å². The molecule has 18 heavy (non-hydrogen) atoms. The molecule has 2 aromatic rings. The van der Waals surface area contributed by atoms with E-state index in [9.17, 15) is 0 Å². The molecule has 2 rings (SSSR count). The third-order valence-corrected chi connectivity index (χ3v) is 4.23. The molecule has 4 heteroatoms. The van der Waals surface area contributed by atoms with Gasteiger partial charge in [-0.3, -0.25) is 0 Å². The van der Waals surface area contributed by atoms with E-state index in [1.54, 1.807) is 0 Å². The van der Waals surface area contributed by atoms with Crippen molar-refractivity contribution in [3.63, 3.8) is 0 Å². The number of halogens is 2. The Kier molecular flexibility index (Phi) is 6.72. The number of hydrogen-bond acceptors (Lipinski definition) is 2. The molecule has 0 bridgehead atoms. The SMILES string of the molecule is CC(CNCc1ccccc1Cl)c1cccs1.Cl. The minimum absolute atomic E-state index is 0. The van der Waals surface area contributed by atoms with Crippen LogP contribution >= 0.6 is 35.3 Å². The van der Waals surface area contributed by atoms with Gasteiger partial charge in [-0.1, -0.05) is 42.8 Å². The molecule has 1 nitrogen and oxygen atoms in total. The number of thiophene rings is 1. The van der Waals surface area contributed by atoms with Crippen molar-refractivity contribution < 1.29 is 0 Å². The second kappa shape index (κ2) is 7.80. The fourth-order valence-electron chi connectivity index (χ4n) is 1.74. The molecule has 0 radical (unpaired) electrons. The average Bonchev–Trinajstić information content (AvgIpc) is 2.85. The van der Waals surface area contributed by atoms with Crippen LogP contribution in [0.1, 0.15) is 23.3 Å². The molecule has 1 atom stereocenters. The number of nitrogens with one attached hydrogen (secondary N) is 1. The second-order valence-electron chi connectivity index (χ2n) is 4.14. The van der Waals surface area contributed by atoms with Crippen molar-refractivity contribution in [1.29, 1.82) is 0 Å². The average molecular weight is 302 g/mol. The van der Waals surface area contributed by atoms with E-state index in [2.05, 4.69) is 35.8 Å². The van der Waals surface area contributed by atoms with E-state index >= 15 is 0 Å². The summed E-state index contributed by atoms with van der Waals surface area (Å²) in [6, 6.07) is 12.3. The lowest BCUT2D eigenvalue weighted by Gasteiger charge is -2.11. The normalized spacial score (nSPS) is 11.9. The Morgan fingerprint density at radius 1 is 1.22 bits per heavy atom. The Bertz CT molecular complexity index is 457. The van der Waals surface area contributed by atoms with Crippen LogP contribution in [0.3, 0.4) is 0 Å². The molecule has 0 aliphatic carbocycles. The van der Waals surface area contributed by atoms with Crippen LogP contribution in [0.4, 0.5) is 0 Å². The Balaban J connectivity index is 0.00000162. The maximum absolute atomic E-state index is 6.10. The van der Waals surface area contributed by atoms with Gasteiger partial charge in [-0.05, 0) is 23.1 Å². The summed E-state index contributed by atoms with van der Waals surface area (Å²) >= 11 is 7.92. The van der Waals surface area contributed by atoms with Crippen molar-refractivity contribution in [2.75, 3.05) is 6.54 Å². The molecule has 98 valence electrons. The van der Waals surface area contributed by atoms with Crippen molar-refractivity contribution in [1.82, 2.24) is 5.32 Å². The summed E-state index contributed by atoms with van der Waals surface area (Å²) in [4.78, 5) is 1.43. The number of hydrogen-bond donors (Lipinski definition) is 1. The summed E-state index contributed by atoms with van der Waals surface area (Å²) in [5.41, 5.74) is 1.16. The summed E-state index contributed by atoms with van der Waals surface area (Å²) in [5.74, 6) is 0.553. The number of rotatable bonds is 5. The van der Waals surface area contributed by atoms with Crippen molar-refractivity contribution in [3.8, 4) is 0 Å². The maximum atomic E-state index is 6.10. The van der Waals surface area contributed by atoms with Crippen molar-refractivity contribution >= 4 is 35.3 Å². The summed E-state index contributed by atoms with van der Waals surface area (Å²) in [7, 11) is 0. The van der Waals surface area contributed by atoms with Crippen molar-refractivity contribution in [2.45, 2.75) is 19.4 Å². The van der Waals surface area contributed by atoms with E-state index in [0.717, 1.165) is 23.7 Å². The fourth-order valence-corrected chi connectivity index (χ4v) is 2.73. The molecule has 0 saturated heterocycles. The molecule has 0 amide bonds. The van der Waals surface area contributed by atoms with E-state index in [1.807, 2.05) is 29.5 Å². The fraction of sp³-hybridized carbons (Fsp3) is 0.286. The van der Waals surface area contributed by atoms with Gasteiger partial charge in [0.05, 0.1) is 0 Å². The Morgan fingerprint density at radius 3 is 2.67 bits per heavy atom. The van der Waals surface area contributed by atoms with E-state index in [4.69, 9.17) is 11.6 Å². The van der Waals surface area contributed by atoms with Gasteiger partial charge < -0.3 is 5.32 Å². The first-order valence-electron chi connectivity index (χ1n) is 5.75. The highest BCUT2D eigenvalue weighted by Crippen LogP contribution is 2.20. The van der Waals surface area contributed by atoms with Gasteiger partial charge >= 0.3 is 0 Å². The van der Waals surface area contributed by atoms with Crippen LogP contribution in [-0.2, 0) is 6.54 Å². The van der Waals surface area contributed by atoms with Crippen molar-refractivity contribution in [3.05, 3.63) is 57.2 Å². The van der Waals surface area contributed by atoms with Gasteiger partial charge in [0.2, 0.25) is 0 Å². The van der Waals surface area contributed by atoms with E-state index in [-0.39, 0.29) is 12.4 Å². The molecule has 0 spiro atoms. The van der Waals surface area contributed by atoms with Crippen LogP contribution in [-0.4, -0.2) is 6.54 Å². The van der Waals surface area contributed by atoms with Crippen molar-refractivity contribution in [2.24, 2.45) is 0 Å². The molecule has 0 fully saturated rings. The summed E-state index contributed by atoms with van der Waals surface area (Å²) in [6.07, 6.45) is 0. The highest BCUT2D eigenvalue weighted by atomic mass is 35.5. The maximum Gasteiger partial charge on any atom is 0.0450 e. The Labute approximate surface area is 124 Å². The Morgan fingerprint density at radius 2 is 2.00 bits per heavy atom. The zero-order chi connectivity index (χ0) is 12.1. The van der Waals surface area contributed by atoms with Crippen LogP contribution in [0.5, 0.6) is 0 Å². The van der Waals surface area contributed by atoms with Crippen LogP contribution in [0.25, 0.3) is 0 Å². The topological polar surface area (TPSA) is 12.0 Å². The van der Waals surface area contributed by atoms with E-state index in [0.29, 0.717) is 5.92 Å². The molecule has 0 aliphatic heterocycles. The predicted octanol–water partition coefficient (Wildman–Crippen LogP) is 4.72. The molecular formula is C14H17Cl2NS. The largest absolute Gasteiger partial charge is 0.312 e. The molecule has 1 unspecified atom stereocenters. The standard InChI is InChI=1S/C14H16ClNS.ClH/c1-11(14-7-4-8-17-14)9-16-10-12-5-2-3-6-13(12)15;/h2-8,11,16H,9-10H2,1H3;1H. The van der Waals surface area contributed by atoms with Crippen LogP contribution < -0.4 is 5.32 Å². The summed E-state index contributed by atoms with van der Waals surface area (Å²) < 4.78 is 0. The molecule has 1 aromatic carbocycles. The van der Waals surface area contributed by atoms with E-state index < -0.39 is 0 Å². The quantitative estimate of drug-likeness (QED) is 0.843. The van der Waals surface area contributed by atoms with Gasteiger partial charge in [0.25, 0.3) is 0 Å². The number of benzene rings is 1. The first kappa shape index (κ1) is 15.5. The van der Waals surface area contributed by atoms with Gasteiger partial charge in [0.1, 0.15) is 0 Å². The first-order valence-corrected chi connectivity index (χ1v) is 7.00. The van der Waals surface area contributed by atoms with Crippen LogP contribution in [0, 0.1) is 0 Å². The highest BCUT2D eigenvalue weighted by Gasteiger charge is 2.06. The minimum atomic E-state index is 0. The van der Waals surface area contributed by atoms with Gasteiger partial charge in [0.15, 0.2) is 0 Å². The molecule has 1 N–H and O–H groups in total. The lowest BCUT2D eigenvalue weighted by atomic mass is 10.1. The molecule has 1 heterocycles. The van der Waals surface area contributed by atoms with Crippen LogP contribution in [0.2, 0.25) is 5.02 Å². The smallest absolute Gasteiger partial charge is 0.0450 e. The third kappa shape index (κ3) is 4.29. The first-order chi connectivity index (χ1) is 8.27. The molecular weight excluding hydrogens is 285 g/mol. The lowest BCUT2D eigenvalue weighted by Crippen LogP contribution is -2.19. The molecule has 1 aromatic heterocycles. The highest BCUT2D eigenvalue weighted by molar-refractivity contribution is 7.10. The summed E-state index contributed by atoms with van der Waals surface area (Å²) in [5, 5.41) is 6.41. The molecule has 0 saturated carbocycles. The predicted molar refractivity (Wildman–Crippen MR) is 83.1 cm³/mol. The third-order valence-electron chi connectivity index (χ3n) is 2.75. The van der Waals surface area contributed by atoms with E-state index in [1.165, 1.54) is 4.88 Å². The van der Waals surface area contributed by atoms with Gasteiger partial charge in [0, 0.05) is 28.9 Å². The monoisotopic (exact) mass is 301 g/mol. The summed E-state index contributed by atoms with van der Waals surface area (Å²) in [6.45, 7) is 4.05. The molecule has 0 aliphatic rings. The minimum Gasteiger partial charge on any atom is -0.312 e. The zero-order valence-corrected chi connectivity index (χ0v) is 12.6.